The zero-order valence-corrected chi connectivity index (χ0v) is 13.7. The van der Waals surface area contributed by atoms with Crippen LogP contribution in [-0.2, 0) is 6.54 Å². The molecule has 21 heavy (non-hydrogen) atoms. The average Bonchev–Trinajstić information content (AvgIpc) is 2.45. The molecular weight excluding hydrogens is 356 g/mol. The highest BCUT2D eigenvalue weighted by atomic mass is 79.9. The Labute approximate surface area is 136 Å². The number of benzene rings is 2. The number of rotatable bonds is 5. The van der Waals surface area contributed by atoms with Gasteiger partial charge in [0.2, 0.25) is 0 Å². The Bertz CT molecular complexity index is 647. The Morgan fingerprint density at radius 3 is 2.57 bits per heavy atom. The number of nitro groups is 1. The Kier molecular flexibility index (Phi) is 5.33. The van der Waals surface area contributed by atoms with Crippen LogP contribution in [0.25, 0.3) is 0 Å². The summed E-state index contributed by atoms with van der Waals surface area (Å²) >= 11 is 9.20. The summed E-state index contributed by atoms with van der Waals surface area (Å²) in [6.07, 6.45) is 0. The number of halogens is 2. The van der Waals surface area contributed by atoms with E-state index in [0.29, 0.717) is 17.1 Å². The third-order valence-electron chi connectivity index (χ3n) is 3.21. The second-order valence-electron chi connectivity index (χ2n) is 4.68. The summed E-state index contributed by atoms with van der Waals surface area (Å²) in [5.41, 5.74) is 1.85. The summed E-state index contributed by atoms with van der Waals surface area (Å²) in [6.45, 7) is 2.42. The second-order valence-corrected chi connectivity index (χ2v) is 6.04. The summed E-state index contributed by atoms with van der Waals surface area (Å²) in [4.78, 5) is 10.7. The Morgan fingerprint density at radius 2 is 1.95 bits per heavy atom. The first kappa shape index (κ1) is 15.9. The topological polar surface area (TPSA) is 55.2 Å². The number of hydrogen-bond acceptors (Lipinski definition) is 3. The quantitative estimate of drug-likeness (QED) is 0.605. The van der Waals surface area contributed by atoms with E-state index < -0.39 is 0 Å². The van der Waals surface area contributed by atoms with Crippen molar-refractivity contribution in [1.29, 1.82) is 0 Å². The third kappa shape index (κ3) is 4.27. The minimum absolute atomic E-state index is 0.0702. The van der Waals surface area contributed by atoms with Crippen molar-refractivity contribution in [2.45, 2.75) is 19.5 Å². The van der Waals surface area contributed by atoms with E-state index in [-0.39, 0.29) is 16.7 Å². The van der Waals surface area contributed by atoms with E-state index in [2.05, 4.69) is 21.2 Å². The van der Waals surface area contributed by atoms with E-state index in [4.69, 9.17) is 11.6 Å². The van der Waals surface area contributed by atoms with Gasteiger partial charge in [-0.05, 0) is 36.8 Å². The molecule has 0 spiro atoms. The molecule has 0 aliphatic carbocycles. The Morgan fingerprint density at radius 1 is 1.29 bits per heavy atom. The van der Waals surface area contributed by atoms with Gasteiger partial charge in [0, 0.05) is 33.7 Å². The molecule has 0 saturated carbocycles. The third-order valence-corrected chi connectivity index (χ3v) is 3.95. The second kappa shape index (κ2) is 7.02. The minimum Gasteiger partial charge on any atom is -0.306 e. The highest BCUT2D eigenvalue weighted by Gasteiger charge is 2.14. The fourth-order valence-corrected chi connectivity index (χ4v) is 2.54. The van der Waals surface area contributed by atoms with Crippen molar-refractivity contribution in [2.24, 2.45) is 0 Å². The molecule has 1 N–H and O–H groups in total. The molecule has 0 unspecified atom stereocenters. The summed E-state index contributed by atoms with van der Waals surface area (Å²) < 4.78 is 0.823. The van der Waals surface area contributed by atoms with Crippen LogP contribution in [0.3, 0.4) is 0 Å². The van der Waals surface area contributed by atoms with Gasteiger partial charge in [-0.3, -0.25) is 10.1 Å². The molecule has 0 aliphatic rings. The van der Waals surface area contributed by atoms with Crippen molar-refractivity contribution in [3.8, 4) is 0 Å². The lowest BCUT2D eigenvalue weighted by Crippen LogP contribution is -2.18. The lowest BCUT2D eigenvalue weighted by Gasteiger charge is -2.14. The highest BCUT2D eigenvalue weighted by Crippen LogP contribution is 2.24. The lowest BCUT2D eigenvalue weighted by atomic mass is 10.1. The summed E-state index contributed by atoms with van der Waals surface area (Å²) in [5, 5.41) is 15.0. The van der Waals surface area contributed by atoms with Crippen LogP contribution in [0.2, 0.25) is 5.02 Å². The van der Waals surface area contributed by atoms with Crippen LogP contribution in [-0.4, -0.2) is 4.92 Å². The number of hydrogen-bond donors (Lipinski definition) is 1. The molecule has 0 radical (unpaired) electrons. The van der Waals surface area contributed by atoms with Crippen molar-refractivity contribution in [3.63, 3.8) is 0 Å². The monoisotopic (exact) mass is 368 g/mol. The van der Waals surface area contributed by atoms with Gasteiger partial charge in [-0.25, -0.2) is 0 Å². The fourth-order valence-electron chi connectivity index (χ4n) is 2.01. The summed E-state index contributed by atoms with van der Waals surface area (Å²) in [5.74, 6) is 0. The maximum atomic E-state index is 11.0. The molecule has 0 fully saturated rings. The molecule has 0 aromatic heterocycles. The predicted octanol–water partition coefficient (Wildman–Crippen LogP) is 4.86. The van der Waals surface area contributed by atoms with Gasteiger partial charge in [0.15, 0.2) is 0 Å². The standard InChI is InChI=1S/C15H14BrClN2O2/c1-10(11-2-5-14(17)6-3-11)18-9-12-8-13(16)4-7-15(12)19(20)21/h2-8,10,18H,9H2,1H3/t10-/m1/s1. The van der Waals surface area contributed by atoms with Crippen molar-refractivity contribution in [2.75, 3.05) is 0 Å². The first-order valence-corrected chi connectivity index (χ1v) is 7.56. The van der Waals surface area contributed by atoms with Gasteiger partial charge in [-0.1, -0.05) is 39.7 Å². The molecule has 0 saturated heterocycles. The van der Waals surface area contributed by atoms with Gasteiger partial charge in [-0.15, -0.1) is 0 Å². The van der Waals surface area contributed by atoms with Crippen LogP contribution in [0.15, 0.2) is 46.9 Å². The van der Waals surface area contributed by atoms with Crippen molar-refractivity contribution < 1.29 is 4.92 Å². The van der Waals surface area contributed by atoms with E-state index in [0.717, 1.165) is 10.0 Å². The van der Waals surface area contributed by atoms with Crippen LogP contribution >= 0.6 is 27.5 Å². The number of nitrogens with zero attached hydrogens (tertiary/aromatic N) is 1. The zero-order valence-electron chi connectivity index (χ0n) is 11.3. The van der Waals surface area contributed by atoms with Gasteiger partial charge in [0.1, 0.15) is 0 Å². The Hall–Kier alpha value is -1.43. The molecule has 4 nitrogen and oxygen atoms in total. The van der Waals surface area contributed by atoms with Crippen LogP contribution in [0.4, 0.5) is 5.69 Å². The van der Waals surface area contributed by atoms with E-state index in [1.165, 1.54) is 6.07 Å². The predicted molar refractivity (Wildman–Crippen MR) is 87.5 cm³/mol. The molecule has 6 heteroatoms. The first-order chi connectivity index (χ1) is 9.97. The molecular formula is C15H14BrClN2O2. The molecule has 0 aliphatic heterocycles. The molecule has 110 valence electrons. The Balaban J connectivity index is 2.10. The maximum absolute atomic E-state index is 11.0. The van der Waals surface area contributed by atoms with Crippen LogP contribution < -0.4 is 5.32 Å². The van der Waals surface area contributed by atoms with E-state index in [1.807, 2.05) is 31.2 Å². The van der Waals surface area contributed by atoms with Gasteiger partial charge in [0.05, 0.1) is 4.92 Å². The first-order valence-electron chi connectivity index (χ1n) is 6.39. The van der Waals surface area contributed by atoms with Gasteiger partial charge >= 0.3 is 0 Å². The van der Waals surface area contributed by atoms with Gasteiger partial charge in [0.25, 0.3) is 5.69 Å². The zero-order chi connectivity index (χ0) is 15.4. The van der Waals surface area contributed by atoms with Crippen molar-refractivity contribution in [3.05, 3.63) is 73.2 Å². The SMILES string of the molecule is C[C@@H](NCc1cc(Br)ccc1[N+](=O)[O-])c1ccc(Cl)cc1. The summed E-state index contributed by atoms with van der Waals surface area (Å²) in [6, 6.07) is 12.6. The normalized spacial score (nSPS) is 12.1. The number of nitrogens with one attached hydrogen (secondary N) is 1. The smallest absolute Gasteiger partial charge is 0.273 e. The number of nitro benzene ring substituents is 1. The van der Waals surface area contributed by atoms with Crippen molar-refractivity contribution in [1.82, 2.24) is 5.32 Å². The average molecular weight is 370 g/mol. The van der Waals surface area contributed by atoms with Crippen LogP contribution in [0.1, 0.15) is 24.1 Å². The molecule has 2 aromatic carbocycles. The fraction of sp³-hybridized carbons (Fsp3) is 0.200. The van der Waals surface area contributed by atoms with Crippen LogP contribution in [0, 0.1) is 10.1 Å². The van der Waals surface area contributed by atoms with Gasteiger partial charge < -0.3 is 5.32 Å². The maximum Gasteiger partial charge on any atom is 0.273 e. The molecule has 0 amide bonds. The molecule has 2 aromatic rings. The van der Waals surface area contributed by atoms with Gasteiger partial charge in [-0.2, -0.15) is 0 Å². The summed E-state index contributed by atoms with van der Waals surface area (Å²) in [7, 11) is 0. The minimum atomic E-state index is -0.365. The molecule has 1 atom stereocenters. The highest BCUT2D eigenvalue weighted by molar-refractivity contribution is 9.10. The lowest BCUT2D eigenvalue weighted by molar-refractivity contribution is -0.385. The van der Waals surface area contributed by atoms with E-state index >= 15 is 0 Å². The van der Waals surface area contributed by atoms with E-state index in [1.54, 1.807) is 12.1 Å². The molecule has 0 bridgehead atoms. The molecule has 2 rings (SSSR count). The van der Waals surface area contributed by atoms with E-state index in [9.17, 15) is 10.1 Å². The van der Waals surface area contributed by atoms with Crippen molar-refractivity contribution >= 4 is 33.2 Å². The largest absolute Gasteiger partial charge is 0.306 e. The molecule has 0 heterocycles. The van der Waals surface area contributed by atoms with Crippen LogP contribution in [0.5, 0.6) is 0 Å².